The number of carbonyl (C=O) groups excluding carboxylic acids is 1. The van der Waals surface area contributed by atoms with Gasteiger partial charge in [-0.05, 0) is 31.2 Å². The normalized spacial score (nSPS) is 14.2. The van der Waals surface area contributed by atoms with Crippen molar-refractivity contribution < 1.29 is 22.7 Å². The van der Waals surface area contributed by atoms with Crippen LogP contribution >= 0.6 is 11.6 Å². The third-order valence-electron chi connectivity index (χ3n) is 3.38. The van der Waals surface area contributed by atoms with Crippen LogP contribution in [0.4, 0.5) is 13.2 Å². The molecule has 0 aliphatic heterocycles. The van der Waals surface area contributed by atoms with Gasteiger partial charge < -0.3 is 10.1 Å². The Morgan fingerprint density at radius 2 is 2.07 bits per heavy atom. The standard InChI is InChI=1S/C17H19ClN2O.C2HF3O/c1-19-16(13-8-4-3-5-9-13)17(20-2)21-12-14-10-6-7-11-15(14)18;3-2(4,5)1-6/h3-4,6-8,10-11,20H,1,5,9,12H2,2H3;1H/b17-16-;. The smallest absolute Gasteiger partial charge is 0.446 e. The molecule has 0 aromatic heterocycles. The topological polar surface area (TPSA) is 50.7 Å². The van der Waals surface area contributed by atoms with Crippen molar-refractivity contribution in [2.75, 3.05) is 7.05 Å². The molecule has 0 saturated heterocycles. The minimum atomic E-state index is -4.64. The monoisotopic (exact) mass is 400 g/mol. The molecule has 2 rings (SSSR count). The highest BCUT2D eigenvalue weighted by Gasteiger charge is 2.24. The molecular weight excluding hydrogens is 381 g/mol. The minimum Gasteiger partial charge on any atom is -0.473 e. The molecule has 8 heteroatoms. The molecule has 1 aromatic rings. The average molecular weight is 401 g/mol. The quantitative estimate of drug-likeness (QED) is 0.416. The molecule has 0 amide bonds. The van der Waals surface area contributed by atoms with Crippen molar-refractivity contribution >= 4 is 24.6 Å². The van der Waals surface area contributed by atoms with E-state index in [0.29, 0.717) is 17.5 Å². The number of aliphatic imine (C=N–C) groups is 1. The number of ether oxygens (including phenoxy) is 1. The molecule has 0 saturated carbocycles. The van der Waals surface area contributed by atoms with E-state index in [1.54, 1.807) is 0 Å². The van der Waals surface area contributed by atoms with E-state index in [4.69, 9.17) is 21.1 Å². The first-order valence-corrected chi connectivity index (χ1v) is 8.34. The van der Waals surface area contributed by atoms with Crippen molar-refractivity contribution in [1.29, 1.82) is 0 Å². The van der Waals surface area contributed by atoms with Crippen molar-refractivity contribution in [2.24, 2.45) is 4.99 Å². The molecule has 1 aliphatic carbocycles. The van der Waals surface area contributed by atoms with Gasteiger partial charge in [-0.1, -0.05) is 48.0 Å². The molecule has 1 aliphatic rings. The third kappa shape index (κ3) is 8.13. The van der Waals surface area contributed by atoms with Crippen LogP contribution in [0.15, 0.2) is 64.6 Å². The van der Waals surface area contributed by atoms with Crippen LogP contribution in [0.1, 0.15) is 18.4 Å². The van der Waals surface area contributed by atoms with E-state index in [-0.39, 0.29) is 0 Å². The highest BCUT2D eigenvalue weighted by Crippen LogP contribution is 2.24. The molecule has 0 atom stereocenters. The predicted molar refractivity (Wildman–Crippen MR) is 100 cm³/mol. The van der Waals surface area contributed by atoms with Gasteiger partial charge in [-0.15, -0.1) is 0 Å². The Bertz CT molecular complexity index is 741. The van der Waals surface area contributed by atoms with Gasteiger partial charge in [0, 0.05) is 17.6 Å². The highest BCUT2D eigenvalue weighted by molar-refractivity contribution is 6.31. The Kier molecular flexibility index (Phi) is 9.36. The van der Waals surface area contributed by atoms with Crippen LogP contribution in [0.5, 0.6) is 0 Å². The summed E-state index contributed by atoms with van der Waals surface area (Å²) >= 11 is 6.14. The van der Waals surface area contributed by atoms with Gasteiger partial charge in [-0.25, -0.2) is 0 Å². The van der Waals surface area contributed by atoms with Gasteiger partial charge in [0.1, 0.15) is 12.3 Å². The van der Waals surface area contributed by atoms with Crippen LogP contribution < -0.4 is 5.32 Å². The number of hydrogen-bond donors (Lipinski definition) is 1. The zero-order valence-corrected chi connectivity index (χ0v) is 15.5. The number of nitrogens with zero attached hydrogens (tertiary/aromatic N) is 1. The minimum absolute atomic E-state index is 0.387. The van der Waals surface area contributed by atoms with Crippen molar-refractivity contribution in [3.63, 3.8) is 0 Å². The summed E-state index contributed by atoms with van der Waals surface area (Å²) in [5, 5.41) is 3.75. The molecule has 0 spiro atoms. The third-order valence-corrected chi connectivity index (χ3v) is 3.75. The number of allylic oxidation sites excluding steroid dienone is 4. The average Bonchev–Trinajstić information content (AvgIpc) is 2.67. The summed E-state index contributed by atoms with van der Waals surface area (Å²) in [6, 6.07) is 7.63. The van der Waals surface area contributed by atoms with Crippen LogP contribution in [-0.2, 0) is 16.1 Å². The Balaban J connectivity index is 0.000000527. The first-order valence-electron chi connectivity index (χ1n) is 7.96. The Labute approximate surface area is 161 Å². The number of rotatable bonds is 6. The maximum absolute atomic E-state index is 10.4. The van der Waals surface area contributed by atoms with Crippen molar-refractivity contribution in [1.82, 2.24) is 5.32 Å². The summed E-state index contributed by atoms with van der Waals surface area (Å²) in [6.07, 6.45) is 2.45. The van der Waals surface area contributed by atoms with Gasteiger partial charge in [-0.2, -0.15) is 13.2 Å². The van der Waals surface area contributed by atoms with Gasteiger partial charge in [0.05, 0.1) is 0 Å². The summed E-state index contributed by atoms with van der Waals surface area (Å²) in [4.78, 5) is 12.8. The summed E-state index contributed by atoms with van der Waals surface area (Å²) in [5.41, 5.74) is 2.82. The summed E-state index contributed by atoms with van der Waals surface area (Å²) in [5.74, 6) is 0.617. The number of halogens is 4. The second-order valence-electron chi connectivity index (χ2n) is 5.28. The van der Waals surface area contributed by atoms with E-state index in [2.05, 4.69) is 23.1 Å². The second kappa shape index (κ2) is 11.2. The molecule has 0 bridgehead atoms. The molecule has 27 heavy (non-hydrogen) atoms. The number of hydrogen-bond acceptors (Lipinski definition) is 4. The van der Waals surface area contributed by atoms with Crippen molar-refractivity contribution in [2.45, 2.75) is 25.6 Å². The molecule has 146 valence electrons. The Morgan fingerprint density at radius 3 is 2.56 bits per heavy atom. The van der Waals surface area contributed by atoms with E-state index in [1.807, 2.05) is 43.5 Å². The molecule has 4 nitrogen and oxygen atoms in total. The van der Waals surface area contributed by atoms with Gasteiger partial charge in [0.25, 0.3) is 0 Å². The maximum Gasteiger partial charge on any atom is 0.446 e. The summed E-state index contributed by atoms with van der Waals surface area (Å²) in [7, 11) is 1.81. The fraction of sp³-hybridized carbons (Fsp3) is 0.263. The fourth-order valence-electron chi connectivity index (χ4n) is 2.14. The molecule has 0 heterocycles. The SMILES string of the molecule is C=N/C(C1=CC=CCC1)=C(/NC)OCc1ccccc1Cl.O=CC(F)(F)F. The van der Waals surface area contributed by atoms with E-state index in [9.17, 15) is 13.2 Å². The van der Waals surface area contributed by atoms with E-state index >= 15 is 0 Å². The molecule has 1 N–H and O–H groups in total. The summed E-state index contributed by atoms with van der Waals surface area (Å²) < 4.78 is 37.1. The molecule has 0 radical (unpaired) electrons. The van der Waals surface area contributed by atoms with Crippen LogP contribution in [0.3, 0.4) is 0 Å². The first kappa shape index (κ1) is 22.5. The molecule has 0 unspecified atom stereocenters. The van der Waals surface area contributed by atoms with Crippen molar-refractivity contribution in [3.05, 3.63) is 70.2 Å². The lowest BCUT2D eigenvalue weighted by Gasteiger charge is -2.16. The largest absolute Gasteiger partial charge is 0.473 e. The van der Waals surface area contributed by atoms with Gasteiger partial charge in [-0.3, -0.25) is 9.79 Å². The lowest BCUT2D eigenvalue weighted by atomic mass is 10.0. The van der Waals surface area contributed by atoms with Crippen LogP contribution in [0.2, 0.25) is 5.02 Å². The molecular formula is C19H20ClF3N2O2. The lowest BCUT2D eigenvalue weighted by molar-refractivity contribution is -0.156. The molecule has 0 fully saturated rings. The van der Waals surface area contributed by atoms with Crippen LogP contribution in [0, 0.1) is 0 Å². The van der Waals surface area contributed by atoms with Crippen molar-refractivity contribution in [3.8, 4) is 0 Å². The zero-order valence-electron chi connectivity index (χ0n) is 14.7. The number of nitrogens with one attached hydrogen (secondary N) is 1. The van der Waals surface area contributed by atoms with E-state index in [1.165, 1.54) is 0 Å². The van der Waals surface area contributed by atoms with Gasteiger partial charge in [0.15, 0.2) is 0 Å². The number of carbonyl (C=O) groups is 1. The van der Waals surface area contributed by atoms with E-state index < -0.39 is 12.5 Å². The number of aldehydes is 1. The maximum atomic E-state index is 10.4. The predicted octanol–water partition coefficient (Wildman–Crippen LogP) is 4.97. The Hall–Kier alpha value is -2.54. The molecule has 1 aromatic carbocycles. The highest BCUT2D eigenvalue weighted by atomic mass is 35.5. The van der Waals surface area contributed by atoms with E-state index in [0.717, 1.165) is 29.7 Å². The second-order valence-corrected chi connectivity index (χ2v) is 5.69. The van der Waals surface area contributed by atoms with Crippen LogP contribution in [0.25, 0.3) is 0 Å². The van der Waals surface area contributed by atoms with Crippen LogP contribution in [-0.4, -0.2) is 26.2 Å². The number of alkyl halides is 3. The zero-order chi connectivity index (χ0) is 20.3. The van der Waals surface area contributed by atoms with Gasteiger partial charge >= 0.3 is 6.18 Å². The van der Waals surface area contributed by atoms with Gasteiger partial charge in [0.2, 0.25) is 12.2 Å². The lowest BCUT2D eigenvalue weighted by Crippen LogP contribution is -2.14. The first-order chi connectivity index (χ1) is 12.8. The summed E-state index contributed by atoms with van der Waals surface area (Å²) in [6.45, 7) is 4.05. The Morgan fingerprint density at radius 1 is 1.41 bits per heavy atom. The fourth-order valence-corrected chi connectivity index (χ4v) is 2.33. The number of benzene rings is 1.